The molecule has 1 aliphatic carbocycles. The van der Waals surface area contributed by atoms with Crippen LogP contribution in [0.2, 0.25) is 0 Å². The minimum Gasteiger partial charge on any atom is -0.390 e. The number of aliphatic hydroxyl groups is 1. The van der Waals surface area contributed by atoms with Gasteiger partial charge in [-0.25, -0.2) is 4.98 Å². The summed E-state index contributed by atoms with van der Waals surface area (Å²) in [5, 5.41) is 9.65. The monoisotopic (exact) mass is 180 g/mol. The van der Waals surface area contributed by atoms with Crippen LogP contribution in [0.25, 0.3) is 0 Å². The Hall–Kier alpha value is -0.830. The number of aryl methyl sites for hydroxylation is 2. The average molecular weight is 180 g/mol. The maximum Gasteiger partial charge on any atom is 0.0951 e. The first kappa shape index (κ1) is 8.75. The lowest BCUT2D eigenvalue weighted by Gasteiger charge is -2.09. The van der Waals surface area contributed by atoms with Crippen LogP contribution in [0.3, 0.4) is 0 Å². The Morgan fingerprint density at radius 3 is 2.69 bits per heavy atom. The van der Waals surface area contributed by atoms with E-state index in [1.807, 2.05) is 13.3 Å². The molecule has 1 aromatic heterocycles. The number of imidazole rings is 1. The second-order valence-corrected chi connectivity index (χ2v) is 4.08. The van der Waals surface area contributed by atoms with E-state index in [2.05, 4.69) is 16.5 Å². The van der Waals surface area contributed by atoms with E-state index in [0.29, 0.717) is 0 Å². The summed E-state index contributed by atoms with van der Waals surface area (Å²) in [6.07, 6.45) is 4.67. The van der Waals surface area contributed by atoms with Crippen molar-refractivity contribution in [2.24, 2.45) is 0 Å². The molecule has 0 atom stereocenters. The van der Waals surface area contributed by atoms with E-state index in [1.54, 1.807) is 0 Å². The van der Waals surface area contributed by atoms with E-state index in [0.717, 1.165) is 31.5 Å². The van der Waals surface area contributed by atoms with E-state index < -0.39 is 0 Å². The van der Waals surface area contributed by atoms with Gasteiger partial charge in [0.1, 0.15) is 0 Å². The molecule has 1 heterocycles. The fourth-order valence-electron chi connectivity index (χ4n) is 1.49. The lowest BCUT2D eigenvalue weighted by Crippen LogP contribution is -2.11. The van der Waals surface area contributed by atoms with Gasteiger partial charge in [0, 0.05) is 12.2 Å². The van der Waals surface area contributed by atoms with Crippen LogP contribution in [0, 0.1) is 13.8 Å². The van der Waals surface area contributed by atoms with Crippen LogP contribution in [-0.4, -0.2) is 20.3 Å². The Bertz CT molecular complexity index is 313. The Labute approximate surface area is 78.4 Å². The first-order valence-corrected chi connectivity index (χ1v) is 4.81. The number of aromatic nitrogens is 2. The van der Waals surface area contributed by atoms with Crippen molar-refractivity contribution in [3.8, 4) is 0 Å². The summed E-state index contributed by atoms with van der Waals surface area (Å²) in [4.78, 5) is 4.22. The van der Waals surface area contributed by atoms with Crippen molar-refractivity contribution in [1.29, 1.82) is 0 Å². The summed E-state index contributed by atoms with van der Waals surface area (Å²) in [6.45, 7) is 4.97. The minimum absolute atomic E-state index is 0.343. The first-order chi connectivity index (χ1) is 6.11. The largest absolute Gasteiger partial charge is 0.390 e. The van der Waals surface area contributed by atoms with Crippen molar-refractivity contribution in [1.82, 2.24) is 9.55 Å². The predicted molar refractivity (Wildman–Crippen MR) is 50.5 cm³/mol. The van der Waals surface area contributed by atoms with Crippen LogP contribution in [0.4, 0.5) is 0 Å². The van der Waals surface area contributed by atoms with E-state index in [9.17, 15) is 5.11 Å². The zero-order valence-corrected chi connectivity index (χ0v) is 8.25. The summed E-state index contributed by atoms with van der Waals surface area (Å²) >= 11 is 0. The highest BCUT2D eigenvalue weighted by Gasteiger charge is 2.39. The molecule has 1 fully saturated rings. The molecule has 1 saturated carbocycles. The summed E-state index contributed by atoms with van der Waals surface area (Å²) in [7, 11) is 0. The quantitative estimate of drug-likeness (QED) is 0.763. The number of rotatable bonds is 3. The second kappa shape index (κ2) is 2.84. The van der Waals surface area contributed by atoms with Crippen LogP contribution < -0.4 is 0 Å². The van der Waals surface area contributed by atoms with Crippen LogP contribution >= 0.6 is 0 Å². The third-order valence-corrected chi connectivity index (χ3v) is 2.99. The van der Waals surface area contributed by atoms with Gasteiger partial charge in [-0.05, 0) is 33.1 Å². The Balaban J connectivity index is 1.97. The third kappa shape index (κ3) is 1.75. The molecule has 72 valence electrons. The highest BCUT2D eigenvalue weighted by Crippen LogP contribution is 2.38. The molecule has 2 rings (SSSR count). The van der Waals surface area contributed by atoms with Gasteiger partial charge in [0.25, 0.3) is 0 Å². The second-order valence-electron chi connectivity index (χ2n) is 4.08. The van der Waals surface area contributed by atoms with Crippen molar-refractivity contribution >= 4 is 0 Å². The first-order valence-electron chi connectivity index (χ1n) is 4.81. The molecule has 0 aliphatic heterocycles. The Morgan fingerprint density at radius 1 is 1.54 bits per heavy atom. The maximum absolute atomic E-state index is 9.65. The number of nitrogens with zero attached hydrogens (tertiary/aromatic N) is 2. The van der Waals surface area contributed by atoms with Gasteiger partial charge >= 0.3 is 0 Å². The molecular formula is C10H16N2O. The van der Waals surface area contributed by atoms with E-state index >= 15 is 0 Å². The van der Waals surface area contributed by atoms with Crippen molar-refractivity contribution in [3.05, 3.63) is 17.7 Å². The maximum atomic E-state index is 9.65. The standard InChI is InChI=1S/C10H16N2O/c1-8-9(2)12(7-11-8)6-5-10(13)3-4-10/h7,13H,3-6H2,1-2H3. The van der Waals surface area contributed by atoms with Gasteiger partial charge in [0.15, 0.2) is 0 Å². The van der Waals surface area contributed by atoms with Gasteiger partial charge in [0.05, 0.1) is 17.6 Å². The summed E-state index contributed by atoms with van der Waals surface area (Å²) in [6, 6.07) is 0. The SMILES string of the molecule is Cc1ncn(CCC2(O)CC2)c1C. The zero-order valence-electron chi connectivity index (χ0n) is 8.25. The van der Waals surface area contributed by atoms with Crippen molar-refractivity contribution in [2.75, 3.05) is 0 Å². The molecule has 0 bridgehead atoms. The fraction of sp³-hybridized carbons (Fsp3) is 0.700. The highest BCUT2D eigenvalue weighted by atomic mass is 16.3. The van der Waals surface area contributed by atoms with E-state index in [4.69, 9.17) is 0 Å². The molecule has 0 spiro atoms. The molecular weight excluding hydrogens is 164 g/mol. The molecule has 0 aromatic carbocycles. The Morgan fingerprint density at radius 2 is 2.23 bits per heavy atom. The molecule has 0 saturated heterocycles. The fourth-order valence-corrected chi connectivity index (χ4v) is 1.49. The average Bonchev–Trinajstić information content (AvgIpc) is 2.75. The van der Waals surface area contributed by atoms with Crippen LogP contribution in [0.5, 0.6) is 0 Å². The topological polar surface area (TPSA) is 38.0 Å². The van der Waals surface area contributed by atoms with Gasteiger partial charge in [-0.2, -0.15) is 0 Å². The molecule has 3 nitrogen and oxygen atoms in total. The smallest absolute Gasteiger partial charge is 0.0951 e. The Kier molecular flexibility index (Phi) is 1.91. The van der Waals surface area contributed by atoms with Gasteiger partial charge in [-0.15, -0.1) is 0 Å². The molecule has 13 heavy (non-hydrogen) atoms. The molecule has 1 N–H and O–H groups in total. The number of hydrogen-bond donors (Lipinski definition) is 1. The lowest BCUT2D eigenvalue weighted by molar-refractivity contribution is 0.134. The van der Waals surface area contributed by atoms with Crippen molar-refractivity contribution in [3.63, 3.8) is 0 Å². The van der Waals surface area contributed by atoms with Crippen molar-refractivity contribution < 1.29 is 5.11 Å². The van der Waals surface area contributed by atoms with Gasteiger partial charge in [-0.3, -0.25) is 0 Å². The van der Waals surface area contributed by atoms with Gasteiger partial charge in [-0.1, -0.05) is 0 Å². The molecule has 0 unspecified atom stereocenters. The van der Waals surface area contributed by atoms with Crippen LogP contribution in [-0.2, 0) is 6.54 Å². The molecule has 1 aliphatic rings. The third-order valence-electron chi connectivity index (χ3n) is 2.99. The van der Waals surface area contributed by atoms with E-state index in [1.165, 1.54) is 5.69 Å². The lowest BCUT2D eigenvalue weighted by atomic mass is 10.2. The van der Waals surface area contributed by atoms with Gasteiger partial charge in [0.2, 0.25) is 0 Å². The normalized spacial score (nSPS) is 19.0. The van der Waals surface area contributed by atoms with Crippen molar-refractivity contribution in [2.45, 2.75) is 45.3 Å². The van der Waals surface area contributed by atoms with Crippen LogP contribution in [0.1, 0.15) is 30.7 Å². The molecule has 1 aromatic rings. The molecule has 3 heteroatoms. The molecule has 0 radical (unpaired) electrons. The number of hydrogen-bond acceptors (Lipinski definition) is 2. The highest BCUT2D eigenvalue weighted by molar-refractivity contribution is 5.08. The van der Waals surface area contributed by atoms with E-state index in [-0.39, 0.29) is 5.60 Å². The predicted octanol–water partition coefficient (Wildman–Crippen LogP) is 1.41. The zero-order chi connectivity index (χ0) is 9.47. The summed E-state index contributed by atoms with van der Waals surface area (Å²) in [5.41, 5.74) is 1.96. The summed E-state index contributed by atoms with van der Waals surface area (Å²) in [5.74, 6) is 0. The van der Waals surface area contributed by atoms with Gasteiger partial charge < -0.3 is 9.67 Å². The molecule has 0 amide bonds. The van der Waals surface area contributed by atoms with Crippen LogP contribution in [0.15, 0.2) is 6.33 Å². The minimum atomic E-state index is -0.343. The summed E-state index contributed by atoms with van der Waals surface area (Å²) < 4.78 is 2.12.